The number of amides is 1. The van der Waals surface area contributed by atoms with E-state index in [2.05, 4.69) is 20.9 Å². The summed E-state index contributed by atoms with van der Waals surface area (Å²) in [7, 11) is 0. The molecule has 1 aromatic carbocycles. The van der Waals surface area contributed by atoms with Crippen molar-refractivity contribution in [2.45, 2.75) is 6.04 Å². The quantitative estimate of drug-likeness (QED) is 0.732. The molecule has 3 N–H and O–H groups in total. The van der Waals surface area contributed by atoms with Gasteiger partial charge in [0.25, 0.3) is 0 Å². The number of carbonyl (C=O) groups is 1. The number of rotatable bonds is 3. The van der Waals surface area contributed by atoms with Crippen molar-refractivity contribution in [3.05, 3.63) is 24.3 Å². The number of morpholine rings is 1. The summed E-state index contributed by atoms with van der Waals surface area (Å²) in [5, 5.41) is 9.37. The van der Waals surface area contributed by atoms with Crippen molar-refractivity contribution in [1.82, 2.24) is 10.6 Å². The Balaban J connectivity index is 1.57. The summed E-state index contributed by atoms with van der Waals surface area (Å²) in [5.74, 6) is 0.0151. The van der Waals surface area contributed by atoms with Crippen molar-refractivity contribution < 1.29 is 9.53 Å². The van der Waals surface area contributed by atoms with Crippen LogP contribution in [0.1, 0.15) is 0 Å². The van der Waals surface area contributed by atoms with Gasteiger partial charge in [0, 0.05) is 44.1 Å². The number of ether oxygens (including phenoxy) is 1. The van der Waals surface area contributed by atoms with Gasteiger partial charge in [-0.15, -0.1) is 0 Å². The van der Waals surface area contributed by atoms with Crippen LogP contribution in [0.5, 0.6) is 0 Å². The van der Waals surface area contributed by atoms with Gasteiger partial charge in [-0.25, -0.2) is 0 Å². The highest BCUT2D eigenvalue weighted by molar-refractivity contribution is 5.95. The van der Waals surface area contributed by atoms with Crippen molar-refractivity contribution in [3.63, 3.8) is 0 Å². The molecule has 3 rings (SSSR count). The Morgan fingerprint density at radius 3 is 2.62 bits per heavy atom. The molecule has 0 aliphatic carbocycles. The number of hydrogen-bond donors (Lipinski definition) is 3. The molecule has 21 heavy (non-hydrogen) atoms. The number of anilines is 2. The van der Waals surface area contributed by atoms with E-state index in [1.165, 1.54) is 5.69 Å². The summed E-state index contributed by atoms with van der Waals surface area (Å²) >= 11 is 0. The summed E-state index contributed by atoms with van der Waals surface area (Å²) in [6.45, 7) is 5.81. The number of piperazine rings is 1. The van der Waals surface area contributed by atoms with Crippen molar-refractivity contribution in [3.8, 4) is 0 Å². The molecule has 0 aromatic heterocycles. The zero-order chi connectivity index (χ0) is 14.5. The van der Waals surface area contributed by atoms with Gasteiger partial charge in [0.2, 0.25) is 5.91 Å². The molecule has 1 amide bonds. The van der Waals surface area contributed by atoms with Gasteiger partial charge >= 0.3 is 0 Å². The number of carbonyl (C=O) groups excluding carboxylic acids is 1. The van der Waals surface area contributed by atoms with Crippen LogP contribution in [0.15, 0.2) is 24.3 Å². The van der Waals surface area contributed by atoms with E-state index in [9.17, 15) is 4.79 Å². The molecule has 1 unspecified atom stereocenters. The van der Waals surface area contributed by atoms with Crippen LogP contribution in [0.25, 0.3) is 0 Å². The fraction of sp³-hybridized carbons (Fsp3) is 0.533. The first kappa shape index (κ1) is 14.3. The third-order valence-corrected chi connectivity index (χ3v) is 3.87. The van der Waals surface area contributed by atoms with Gasteiger partial charge in [-0.3, -0.25) is 4.79 Å². The Hall–Kier alpha value is -1.63. The average molecular weight is 290 g/mol. The zero-order valence-electron chi connectivity index (χ0n) is 12.1. The molecule has 0 bridgehead atoms. The van der Waals surface area contributed by atoms with Gasteiger partial charge in [0.1, 0.15) is 0 Å². The molecule has 2 aliphatic rings. The molecule has 6 nitrogen and oxygen atoms in total. The van der Waals surface area contributed by atoms with Gasteiger partial charge in [-0.1, -0.05) is 0 Å². The third-order valence-electron chi connectivity index (χ3n) is 3.87. The molecule has 2 heterocycles. The molecule has 1 aromatic rings. The van der Waals surface area contributed by atoms with Gasteiger partial charge in [-0.2, -0.15) is 0 Å². The van der Waals surface area contributed by atoms with Crippen LogP contribution in [0.2, 0.25) is 0 Å². The first-order chi connectivity index (χ1) is 10.3. The molecule has 1 atom stereocenters. The highest BCUT2D eigenvalue weighted by atomic mass is 16.5. The van der Waals surface area contributed by atoms with E-state index in [4.69, 9.17) is 4.74 Å². The molecule has 2 saturated heterocycles. The molecule has 6 heteroatoms. The largest absolute Gasteiger partial charge is 0.378 e. The third kappa shape index (κ3) is 3.72. The van der Waals surface area contributed by atoms with E-state index in [-0.39, 0.29) is 11.9 Å². The Labute approximate surface area is 124 Å². The SMILES string of the molecule is O=C(Nc1ccc(N2CCOCC2)cc1)C1CNCCN1. The fourth-order valence-electron chi connectivity index (χ4n) is 2.65. The first-order valence-corrected chi connectivity index (χ1v) is 7.51. The minimum absolute atomic E-state index is 0.0151. The van der Waals surface area contributed by atoms with Gasteiger partial charge in [-0.05, 0) is 24.3 Å². The second-order valence-electron chi connectivity index (χ2n) is 5.35. The van der Waals surface area contributed by atoms with Crippen LogP contribution in [-0.4, -0.2) is 57.9 Å². The van der Waals surface area contributed by atoms with E-state index < -0.39 is 0 Å². The van der Waals surface area contributed by atoms with Crippen molar-refractivity contribution >= 4 is 17.3 Å². The molecule has 0 spiro atoms. The Bertz CT molecular complexity index is 465. The van der Waals surface area contributed by atoms with Crippen LogP contribution >= 0.6 is 0 Å². The van der Waals surface area contributed by atoms with Crippen LogP contribution in [0.3, 0.4) is 0 Å². The van der Waals surface area contributed by atoms with E-state index in [1.807, 2.05) is 24.3 Å². The summed E-state index contributed by atoms with van der Waals surface area (Å²) in [6, 6.07) is 7.86. The van der Waals surface area contributed by atoms with Gasteiger partial charge < -0.3 is 25.6 Å². The fourth-order valence-corrected chi connectivity index (χ4v) is 2.65. The summed E-state index contributed by atoms with van der Waals surface area (Å²) in [4.78, 5) is 14.4. The number of benzene rings is 1. The number of nitrogens with one attached hydrogen (secondary N) is 3. The normalized spacial score (nSPS) is 22.9. The first-order valence-electron chi connectivity index (χ1n) is 7.51. The van der Waals surface area contributed by atoms with Crippen LogP contribution in [0, 0.1) is 0 Å². The van der Waals surface area contributed by atoms with E-state index in [0.717, 1.165) is 45.1 Å². The average Bonchev–Trinajstić information content (AvgIpc) is 2.57. The van der Waals surface area contributed by atoms with E-state index in [0.29, 0.717) is 6.54 Å². The molecule has 2 aliphatic heterocycles. The molecular formula is C15H22N4O2. The maximum absolute atomic E-state index is 12.1. The highest BCUT2D eigenvalue weighted by Gasteiger charge is 2.20. The maximum Gasteiger partial charge on any atom is 0.242 e. The minimum Gasteiger partial charge on any atom is -0.378 e. The van der Waals surface area contributed by atoms with Crippen molar-refractivity contribution in [2.75, 3.05) is 56.2 Å². The highest BCUT2D eigenvalue weighted by Crippen LogP contribution is 2.19. The number of nitrogens with zero attached hydrogens (tertiary/aromatic N) is 1. The predicted octanol–water partition coefficient (Wildman–Crippen LogP) is 0.0231. The lowest BCUT2D eigenvalue weighted by molar-refractivity contribution is -0.118. The summed E-state index contributed by atoms with van der Waals surface area (Å²) in [6.07, 6.45) is 0. The molecular weight excluding hydrogens is 268 g/mol. The van der Waals surface area contributed by atoms with E-state index in [1.54, 1.807) is 0 Å². The monoisotopic (exact) mass is 290 g/mol. The lowest BCUT2D eigenvalue weighted by Gasteiger charge is -2.29. The molecule has 0 radical (unpaired) electrons. The van der Waals surface area contributed by atoms with Crippen LogP contribution in [0.4, 0.5) is 11.4 Å². The van der Waals surface area contributed by atoms with Gasteiger partial charge in [0.05, 0.1) is 19.3 Å². The van der Waals surface area contributed by atoms with Gasteiger partial charge in [0.15, 0.2) is 0 Å². The predicted molar refractivity (Wildman–Crippen MR) is 82.8 cm³/mol. The lowest BCUT2D eigenvalue weighted by Crippen LogP contribution is -2.54. The number of hydrogen-bond acceptors (Lipinski definition) is 5. The Kier molecular flexibility index (Phi) is 4.69. The maximum atomic E-state index is 12.1. The van der Waals surface area contributed by atoms with Crippen LogP contribution in [-0.2, 0) is 9.53 Å². The topological polar surface area (TPSA) is 65.6 Å². The standard InChI is InChI=1S/C15H22N4O2/c20-15(14-11-16-5-6-17-14)18-12-1-3-13(4-2-12)19-7-9-21-10-8-19/h1-4,14,16-17H,5-11H2,(H,18,20). The smallest absolute Gasteiger partial charge is 0.242 e. The summed E-state index contributed by atoms with van der Waals surface area (Å²) < 4.78 is 5.35. The Morgan fingerprint density at radius 2 is 1.95 bits per heavy atom. The Morgan fingerprint density at radius 1 is 1.19 bits per heavy atom. The van der Waals surface area contributed by atoms with E-state index >= 15 is 0 Å². The van der Waals surface area contributed by atoms with Crippen LogP contribution < -0.4 is 20.9 Å². The second kappa shape index (κ2) is 6.89. The van der Waals surface area contributed by atoms with Crippen molar-refractivity contribution in [1.29, 1.82) is 0 Å². The zero-order valence-corrected chi connectivity index (χ0v) is 12.1. The summed E-state index contributed by atoms with van der Waals surface area (Å²) in [5.41, 5.74) is 2.01. The second-order valence-corrected chi connectivity index (χ2v) is 5.35. The molecule has 0 saturated carbocycles. The molecule has 2 fully saturated rings. The minimum atomic E-state index is -0.155. The van der Waals surface area contributed by atoms with Crippen molar-refractivity contribution in [2.24, 2.45) is 0 Å². The lowest BCUT2D eigenvalue weighted by atomic mass is 10.2. The molecule has 114 valence electrons.